The van der Waals surface area contributed by atoms with Gasteiger partial charge in [-0.05, 0) is 110 Å². The fraction of sp³-hybridized carbons (Fsp3) is 0.0800. The molecule has 0 aliphatic rings. The lowest BCUT2D eigenvalue weighted by molar-refractivity contribution is 0.131. The van der Waals surface area contributed by atoms with Crippen molar-refractivity contribution in [3.63, 3.8) is 0 Å². The van der Waals surface area contributed by atoms with E-state index in [4.69, 9.17) is 13.6 Å². The average Bonchev–Trinajstić information content (AvgIpc) is 3.77. The molecule has 0 amide bonds. The van der Waals surface area contributed by atoms with Gasteiger partial charge in [-0.3, -0.25) is 0 Å². The van der Waals surface area contributed by atoms with E-state index in [9.17, 15) is 0 Å². The Morgan fingerprint density at radius 3 is 1.85 bits per heavy atom. The van der Waals surface area contributed by atoms with Gasteiger partial charge in [-0.2, -0.15) is 0 Å². The highest BCUT2D eigenvalue weighted by atomic mass is 16.5. The first-order chi connectivity index (χ1) is 26.9. The van der Waals surface area contributed by atoms with Gasteiger partial charge in [0.05, 0.1) is 5.69 Å². The molecule has 0 N–H and O–H groups in total. The van der Waals surface area contributed by atoms with Crippen molar-refractivity contribution < 1.29 is 13.6 Å². The van der Waals surface area contributed by atoms with Crippen LogP contribution in [0.5, 0.6) is 5.75 Å². The summed E-state index contributed by atoms with van der Waals surface area (Å²) in [5.41, 5.74) is 9.07. The van der Waals surface area contributed by atoms with E-state index in [1.54, 1.807) is 0 Å². The Balaban J connectivity index is 1.11. The second-order valence-corrected chi connectivity index (χ2v) is 14.9. The van der Waals surface area contributed by atoms with Crippen molar-refractivity contribution in [2.75, 3.05) is 9.80 Å². The lowest BCUT2D eigenvalue weighted by Gasteiger charge is -2.27. The van der Waals surface area contributed by atoms with Crippen LogP contribution in [0.2, 0.25) is 0 Å². The number of hydrogen-bond donors (Lipinski definition) is 0. The molecule has 0 spiro atoms. The third kappa shape index (κ3) is 5.81. The fourth-order valence-electron chi connectivity index (χ4n) is 7.83. The Morgan fingerprint density at radius 2 is 1.05 bits per heavy atom. The molecule has 5 nitrogen and oxygen atoms in total. The molecule has 10 rings (SSSR count). The maximum atomic E-state index is 6.73. The third-order valence-electron chi connectivity index (χ3n) is 10.1. The van der Waals surface area contributed by atoms with E-state index in [1.165, 1.54) is 10.8 Å². The van der Waals surface area contributed by atoms with Gasteiger partial charge in [0, 0.05) is 62.1 Å². The molecule has 0 fully saturated rings. The number of furan rings is 2. The van der Waals surface area contributed by atoms with Crippen LogP contribution in [0.3, 0.4) is 0 Å². The van der Waals surface area contributed by atoms with Crippen molar-refractivity contribution in [1.29, 1.82) is 0 Å². The zero-order valence-electron chi connectivity index (χ0n) is 30.9. The predicted octanol–water partition coefficient (Wildman–Crippen LogP) is 14.8. The topological polar surface area (TPSA) is 42.0 Å². The minimum atomic E-state index is -0.314. The lowest BCUT2D eigenvalue weighted by atomic mass is 10.0. The first kappa shape index (κ1) is 32.7. The molecule has 0 aliphatic carbocycles. The van der Waals surface area contributed by atoms with Crippen LogP contribution < -0.4 is 14.5 Å². The van der Waals surface area contributed by atoms with Gasteiger partial charge in [0.25, 0.3) is 0 Å². The molecule has 0 bridgehead atoms. The monoisotopic (exact) mass is 714 g/mol. The van der Waals surface area contributed by atoms with Crippen molar-refractivity contribution in [2.24, 2.45) is 0 Å². The zero-order valence-corrected chi connectivity index (χ0v) is 30.9. The van der Waals surface area contributed by atoms with Crippen LogP contribution in [-0.2, 0) is 0 Å². The number of fused-ring (bicyclic) bond motifs is 8. The second kappa shape index (κ2) is 12.9. The van der Waals surface area contributed by atoms with Gasteiger partial charge in [-0.15, -0.1) is 0 Å². The first-order valence-electron chi connectivity index (χ1n) is 18.7. The summed E-state index contributed by atoms with van der Waals surface area (Å²) in [6, 6.07) is 61.2. The van der Waals surface area contributed by atoms with E-state index in [0.717, 1.165) is 83.8 Å². The fourth-order valence-corrected chi connectivity index (χ4v) is 7.83. The molecule has 55 heavy (non-hydrogen) atoms. The minimum absolute atomic E-state index is 0.314. The molecule has 0 saturated heterocycles. The number of anilines is 6. The van der Waals surface area contributed by atoms with Gasteiger partial charge < -0.3 is 23.4 Å². The standard InChI is InChI=1S/C50H38N2O3/c1-50(2,3)55-39-20-12-19-36(30-39)51(34-15-6-4-7-16-34)38-25-27-41-43-31-37(26-29-45(43)53-47(41)32-38)52(35-17-8-5-9-18-35)44-23-13-22-42-48-40-21-11-10-14-33(40)24-28-46(48)54-49(42)44/h4-32H,1-3H3. The van der Waals surface area contributed by atoms with E-state index in [0.29, 0.717) is 0 Å². The van der Waals surface area contributed by atoms with Crippen molar-refractivity contribution >= 4 is 88.8 Å². The molecule has 0 aliphatic heterocycles. The highest BCUT2D eigenvalue weighted by Crippen LogP contribution is 2.46. The van der Waals surface area contributed by atoms with Crippen molar-refractivity contribution in [3.8, 4) is 5.75 Å². The van der Waals surface area contributed by atoms with Gasteiger partial charge in [-0.1, -0.05) is 84.9 Å². The third-order valence-corrected chi connectivity index (χ3v) is 10.1. The molecular formula is C50H38N2O3. The van der Waals surface area contributed by atoms with Gasteiger partial charge in [0.2, 0.25) is 0 Å². The molecule has 0 radical (unpaired) electrons. The smallest absolute Gasteiger partial charge is 0.159 e. The number of nitrogens with zero attached hydrogens (tertiary/aromatic N) is 2. The summed E-state index contributed by atoms with van der Waals surface area (Å²) in [6.07, 6.45) is 0. The number of para-hydroxylation sites is 3. The molecule has 10 aromatic rings. The van der Waals surface area contributed by atoms with Gasteiger partial charge in [0.1, 0.15) is 28.1 Å². The minimum Gasteiger partial charge on any atom is -0.488 e. The van der Waals surface area contributed by atoms with Crippen LogP contribution in [0.25, 0.3) is 54.6 Å². The molecule has 2 aromatic heterocycles. The van der Waals surface area contributed by atoms with E-state index in [1.807, 2.05) is 24.3 Å². The van der Waals surface area contributed by atoms with Crippen LogP contribution in [0.4, 0.5) is 34.1 Å². The summed E-state index contributed by atoms with van der Waals surface area (Å²) in [6.45, 7) is 6.19. The molecule has 8 aromatic carbocycles. The van der Waals surface area contributed by atoms with Crippen molar-refractivity contribution in [2.45, 2.75) is 26.4 Å². The second-order valence-electron chi connectivity index (χ2n) is 14.9. The number of hydrogen-bond acceptors (Lipinski definition) is 5. The molecule has 5 heteroatoms. The number of ether oxygens (including phenoxy) is 1. The first-order valence-corrected chi connectivity index (χ1v) is 18.7. The number of benzene rings is 8. The van der Waals surface area contributed by atoms with Crippen LogP contribution >= 0.6 is 0 Å². The highest BCUT2D eigenvalue weighted by Gasteiger charge is 2.22. The summed E-state index contributed by atoms with van der Waals surface area (Å²) in [7, 11) is 0. The maximum Gasteiger partial charge on any atom is 0.159 e. The normalized spacial score (nSPS) is 11.9. The summed E-state index contributed by atoms with van der Waals surface area (Å²) in [5.74, 6) is 0.818. The maximum absolute atomic E-state index is 6.73. The van der Waals surface area contributed by atoms with Crippen LogP contribution in [0, 0.1) is 0 Å². The molecule has 266 valence electrons. The Morgan fingerprint density at radius 1 is 0.418 bits per heavy atom. The summed E-state index contributed by atoms with van der Waals surface area (Å²) >= 11 is 0. The summed E-state index contributed by atoms with van der Waals surface area (Å²) in [4.78, 5) is 4.52. The average molecular weight is 715 g/mol. The van der Waals surface area contributed by atoms with E-state index >= 15 is 0 Å². The van der Waals surface area contributed by atoms with Crippen LogP contribution in [0.1, 0.15) is 20.8 Å². The number of rotatable bonds is 7. The van der Waals surface area contributed by atoms with Crippen molar-refractivity contribution in [3.05, 3.63) is 176 Å². The van der Waals surface area contributed by atoms with E-state index < -0.39 is 0 Å². The van der Waals surface area contributed by atoms with Crippen molar-refractivity contribution in [1.82, 2.24) is 0 Å². The summed E-state index contributed by atoms with van der Waals surface area (Å²) in [5, 5.41) is 6.68. The molecule has 0 saturated carbocycles. The molecule has 0 atom stereocenters. The van der Waals surface area contributed by atoms with E-state index in [2.05, 4.69) is 182 Å². The van der Waals surface area contributed by atoms with Gasteiger partial charge >= 0.3 is 0 Å². The SMILES string of the molecule is CC(C)(C)Oc1cccc(N(c2ccccc2)c2ccc3c(c2)oc2ccc(N(c4ccccc4)c4cccc5c4oc4ccc6ccccc6c45)cc23)c1. The molecule has 2 heterocycles. The Labute approximate surface area is 319 Å². The Hall–Kier alpha value is -6.98. The predicted molar refractivity (Wildman–Crippen MR) is 228 cm³/mol. The van der Waals surface area contributed by atoms with Gasteiger partial charge in [-0.25, -0.2) is 0 Å². The largest absolute Gasteiger partial charge is 0.488 e. The highest BCUT2D eigenvalue weighted by molar-refractivity contribution is 6.21. The van der Waals surface area contributed by atoms with Gasteiger partial charge in [0.15, 0.2) is 5.58 Å². The summed E-state index contributed by atoms with van der Waals surface area (Å²) < 4.78 is 19.6. The quantitative estimate of drug-likeness (QED) is 0.164. The molecular weight excluding hydrogens is 677 g/mol. The molecule has 0 unspecified atom stereocenters. The van der Waals surface area contributed by atoms with Crippen LogP contribution in [0.15, 0.2) is 185 Å². The Kier molecular flexibility index (Phi) is 7.63. The lowest BCUT2D eigenvalue weighted by Crippen LogP contribution is -2.23. The zero-order chi connectivity index (χ0) is 37.1. The van der Waals surface area contributed by atoms with E-state index in [-0.39, 0.29) is 5.60 Å². The Bertz CT molecular complexity index is 3010. The van der Waals surface area contributed by atoms with Crippen LogP contribution in [-0.4, -0.2) is 5.60 Å².